The van der Waals surface area contributed by atoms with Crippen molar-refractivity contribution in [2.45, 2.75) is 57.9 Å². The van der Waals surface area contributed by atoms with Gasteiger partial charge in [-0.3, -0.25) is 4.99 Å². The molecule has 4 atom stereocenters. The molecule has 1 aliphatic carbocycles. The lowest BCUT2D eigenvalue weighted by Crippen LogP contribution is -2.29. The maximum atomic E-state index is 6.20. The predicted molar refractivity (Wildman–Crippen MR) is 266 cm³/mol. The Morgan fingerprint density at radius 1 is 0.516 bits per heavy atom. The number of rotatable bonds is 12. The van der Waals surface area contributed by atoms with Crippen LogP contribution in [0.3, 0.4) is 0 Å². The van der Waals surface area contributed by atoms with Gasteiger partial charge in [0.25, 0.3) is 0 Å². The highest BCUT2D eigenvalue weighted by Gasteiger charge is 2.47. The number of hydrogen-bond acceptors (Lipinski definition) is 2. The van der Waals surface area contributed by atoms with Crippen molar-refractivity contribution in [2.75, 3.05) is 0 Å². The van der Waals surface area contributed by atoms with Gasteiger partial charge in [-0.15, -0.1) is 11.3 Å². The van der Waals surface area contributed by atoms with Gasteiger partial charge in [0.15, 0.2) is 0 Å². The number of hydrogen-bond donors (Lipinski definition) is 0. The molecule has 62 heavy (non-hydrogen) atoms. The van der Waals surface area contributed by atoms with Gasteiger partial charge in [-0.05, 0) is 91.6 Å². The third-order valence-corrected chi connectivity index (χ3v) is 15.1. The van der Waals surface area contributed by atoms with Crippen LogP contribution in [0.4, 0.5) is 0 Å². The monoisotopic (exact) mass is 819 g/mol. The average molecular weight is 820 g/mol. The second-order valence-corrected chi connectivity index (χ2v) is 18.3. The highest BCUT2D eigenvalue weighted by molar-refractivity contribution is 7.26. The highest BCUT2D eigenvalue weighted by atomic mass is 32.1. The fourth-order valence-electron chi connectivity index (χ4n) is 10.6. The molecule has 0 saturated heterocycles. The molecule has 0 fully saturated rings. The minimum atomic E-state index is -0.523. The molecule has 1 aromatic heterocycles. The van der Waals surface area contributed by atoms with E-state index in [-0.39, 0.29) is 23.8 Å². The normalized spacial score (nSPS) is 15.2. The van der Waals surface area contributed by atoms with E-state index in [0.29, 0.717) is 0 Å². The Morgan fingerprint density at radius 3 is 1.77 bits per heavy atom. The minimum Gasteiger partial charge on any atom is -0.280 e. The molecule has 9 aromatic rings. The van der Waals surface area contributed by atoms with E-state index in [9.17, 15) is 0 Å². The van der Waals surface area contributed by atoms with Crippen LogP contribution in [-0.4, -0.2) is 5.71 Å². The molecule has 304 valence electrons. The summed E-state index contributed by atoms with van der Waals surface area (Å²) in [6.07, 6.45) is 1.98. The third kappa shape index (κ3) is 6.64. The molecule has 0 bridgehead atoms. The van der Waals surface area contributed by atoms with Crippen LogP contribution < -0.4 is 0 Å². The SMILES string of the molecule is CCC(C)C(/N=C(/c1ccccc1)C(CC)C(C)c1ccccc1)c1cc2c(cc1-c1cccc3c1sc1ccccc13)-c1ccccc1C2(c1ccccc1)c1ccccc1. The molecular formula is C60H53NS. The van der Waals surface area contributed by atoms with Crippen LogP contribution in [0.2, 0.25) is 0 Å². The zero-order chi connectivity index (χ0) is 42.2. The topological polar surface area (TPSA) is 12.4 Å². The van der Waals surface area contributed by atoms with Crippen molar-refractivity contribution in [2.24, 2.45) is 16.8 Å². The van der Waals surface area contributed by atoms with Crippen LogP contribution in [-0.2, 0) is 5.41 Å². The molecular weight excluding hydrogens is 767 g/mol. The number of thiophene rings is 1. The van der Waals surface area contributed by atoms with Crippen LogP contribution in [0, 0.1) is 11.8 Å². The van der Waals surface area contributed by atoms with Crippen LogP contribution in [0.15, 0.2) is 205 Å². The maximum Gasteiger partial charge on any atom is 0.0784 e. The van der Waals surface area contributed by atoms with Gasteiger partial charge in [0.1, 0.15) is 0 Å². The van der Waals surface area contributed by atoms with Crippen molar-refractivity contribution in [3.05, 3.63) is 239 Å². The molecule has 0 N–H and O–H groups in total. The Labute approximate surface area is 371 Å². The Balaban J connectivity index is 1.32. The van der Waals surface area contributed by atoms with E-state index < -0.39 is 5.41 Å². The van der Waals surface area contributed by atoms with Gasteiger partial charge in [0.2, 0.25) is 0 Å². The van der Waals surface area contributed by atoms with Crippen LogP contribution >= 0.6 is 11.3 Å². The summed E-state index contributed by atoms with van der Waals surface area (Å²) >= 11 is 1.92. The van der Waals surface area contributed by atoms with Gasteiger partial charge in [0, 0.05) is 31.8 Å². The van der Waals surface area contributed by atoms with Gasteiger partial charge >= 0.3 is 0 Å². The number of fused-ring (bicyclic) bond motifs is 6. The fourth-order valence-corrected chi connectivity index (χ4v) is 11.8. The standard InChI is InChI=1S/C60H53NS/c1-5-40(3)57(61-58(43-26-13-8-14-27-43)46(6-2)41(4)42-24-11-7-12-25-42)53-39-55-52(38-51(53)50-35-23-34-49-48-33-20-22-37-56(48)62-59(49)50)47-32-19-21-36-54(47)60(55,44-28-15-9-16-29-44)45-30-17-10-18-31-45/h7-41,46,57H,5-6H2,1-4H3/b61-58-. The van der Waals surface area contributed by atoms with Crippen molar-refractivity contribution in [3.63, 3.8) is 0 Å². The summed E-state index contributed by atoms with van der Waals surface area (Å²) < 4.78 is 2.65. The summed E-state index contributed by atoms with van der Waals surface area (Å²) in [7, 11) is 0. The molecule has 1 nitrogen and oxygen atoms in total. The number of aliphatic imine (C=N–C) groups is 1. The van der Waals surface area contributed by atoms with E-state index in [1.54, 1.807) is 0 Å². The van der Waals surface area contributed by atoms with Gasteiger partial charge < -0.3 is 0 Å². The molecule has 4 unspecified atom stereocenters. The molecule has 1 aliphatic rings. The molecule has 0 amide bonds. The van der Waals surface area contributed by atoms with E-state index in [0.717, 1.165) is 12.8 Å². The van der Waals surface area contributed by atoms with Crippen molar-refractivity contribution in [1.29, 1.82) is 0 Å². The lowest BCUT2D eigenvalue weighted by Gasteiger charge is -2.35. The zero-order valence-electron chi connectivity index (χ0n) is 36.1. The molecule has 8 aromatic carbocycles. The Bertz CT molecular complexity index is 2980. The van der Waals surface area contributed by atoms with Crippen molar-refractivity contribution < 1.29 is 0 Å². The predicted octanol–water partition coefficient (Wildman–Crippen LogP) is 16.5. The minimum absolute atomic E-state index is 0.120. The third-order valence-electron chi connectivity index (χ3n) is 13.9. The van der Waals surface area contributed by atoms with Gasteiger partial charge in [-0.2, -0.15) is 0 Å². The van der Waals surface area contributed by atoms with E-state index in [1.165, 1.54) is 87.1 Å². The molecule has 2 heteroatoms. The molecule has 0 spiro atoms. The van der Waals surface area contributed by atoms with Crippen LogP contribution in [0.25, 0.3) is 42.4 Å². The summed E-state index contributed by atoms with van der Waals surface area (Å²) in [5, 5.41) is 2.63. The summed E-state index contributed by atoms with van der Waals surface area (Å²) in [4.78, 5) is 6.20. The second-order valence-electron chi connectivity index (χ2n) is 17.2. The first-order valence-corrected chi connectivity index (χ1v) is 23.3. The van der Waals surface area contributed by atoms with Gasteiger partial charge in [-0.1, -0.05) is 222 Å². The van der Waals surface area contributed by atoms with E-state index in [2.05, 4.69) is 228 Å². The van der Waals surface area contributed by atoms with Gasteiger partial charge in [-0.25, -0.2) is 0 Å². The zero-order valence-corrected chi connectivity index (χ0v) is 36.9. The molecule has 0 aliphatic heterocycles. The second kappa shape index (κ2) is 16.8. The highest BCUT2D eigenvalue weighted by Crippen LogP contribution is 2.58. The first-order chi connectivity index (χ1) is 30.5. The smallest absolute Gasteiger partial charge is 0.0784 e. The first kappa shape index (κ1) is 39.8. The van der Waals surface area contributed by atoms with E-state index in [1.807, 2.05) is 11.3 Å². The fraction of sp³-hybridized carbons (Fsp3) is 0.183. The molecule has 1 heterocycles. The molecule has 10 rings (SSSR count). The summed E-state index contributed by atoms with van der Waals surface area (Å²) in [6.45, 7) is 9.50. The molecule has 0 saturated carbocycles. The van der Waals surface area contributed by atoms with E-state index >= 15 is 0 Å². The number of nitrogens with zero attached hydrogens (tertiary/aromatic N) is 1. The summed E-state index contributed by atoms with van der Waals surface area (Å²) in [5.74, 6) is 0.748. The number of benzene rings is 8. The maximum absolute atomic E-state index is 6.20. The largest absolute Gasteiger partial charge is 0.280 e. The van der Waals surface area contributed by atoms with Crippen LogP contribution in [0.1, 0.15) is 91.4 Å². The molecule has 0 radical (unpaired) electrons. The summed E-state index contributed by atoms with van der Waals surface area (Å²) in [6, 6.07) is 74.6. The first-order valence-electron chi connectivity index (χ1n) is 22.5. The Morgan fingerprint density at radius 2 is 1.10 bits per heavy atom. The van der Waals surface area contributed by atoms with Crippen LogP contribution in [0.5, 0.6) is 0 Å². The summed E-state index contributed by atoms with van der Waals surface area (Å²) in [5.41, 5.74) is 14.9. The van der Waals surface area contributed by atoms with Crippen molar-refractivity contribution >= 4 is 37.2 Å². The van der Waals surface area contributed by atoms with Crippen molar-refractivity contribution in [3.8, 4) is 22.3 Å². The lowest BCUT2D eigenvalue weighted by atomic mass is 9.67. The van der Waals surface area contributed by atoms with Crippen molar-refractivity contribution in [1.82, 2.24) is 0 Å². The van der Waals surface area contributed by atoms with Gasteiger partial charge in [0.05, 0.1) is 11.5 Å². The Kier molecular flexibility index (Phi) is 10.8. The van der Waals surface area contributed by atoms with E-state index in [4.69, 9.17) is 4.99 Å². The average Bonchev–Trinajstić information content (AvgIpc) is 3.87. The lowest BCUT2D eigenvalue weighted by molar-refractivity contribution is 0.453. The Hall–Kier alpha value is -6.35. The quantitative estimate of drug-likeness (QED) is 0.109.